The largest absolute Gasteiger partial charge is 0.464 e. The number of thiazole rings is 1. The summed E-state index contributed by atoms with van der Waals surface area (Å²) in [5.74, 6) is -0.849. The minimum absolute atomic E-state index is 0.130. The van der Waals surface area contributed by atoms with Gasteiger partial charge >= 0.3 is 12.1 Å². The van der Waals surface area contributed by atoms with Crippen molar-refractivity contribution in [2.75, 3.05) is 31.6 Å². The second kappa shape index (κ2) is 5.57. The topological polar surface area (TPSA) is 54.5 Å². The smallest absolute Gasteiger partial charge is 0.443 e. The molecular weight excluding hydrogens is 295 g/mol. The third kappa shape index (κ3) is 3.04. The van der Waals surface area contributed by atoms with E-state index in [1.54, 1.807) is 4.90 Å². The van der Waals surface area contributed by atoms with Gasteiger partial charge in [-0.3, -0.25) is 0 Å². The van der Waals surface area contributed by atoms with Crippen LogP contribution in [-0.2, 0) is 10.9 Å². The van der Waals surface area contributed by atoms with Crippen molar-refractivity contribution in [1.82, 2.24) is 10.3 Å². The molecule has 2 rings (SSSR count). The Hall–Kier alpha value is -1.35. The molecule has 1 N–H and O–H groups in total. The van der Waals surface area contributed by atoms with Crippen LogP contribution in [0.1, 0.15) is 22.4 Å². The monoisotopic (exact) mass is 309 g/mol. The summed E-state index contributed by atoms with van der Waals surface area (Å²) >= 11 is 0.480. The maximum Gasteiger partial charge on any atom is 0.443 e. The molecule has 5 nitrogen and oxygen atoms in total. The summed E-state index contributed by atoms with van der Waals surface area (Å²) in [7, 11) is 1.12. The molecule has 1 saturated heterocycles. The van der Waals surface area contributed by atoms with Gasteiger partial charge in [0, 0.05) is 25.7 Å². The molecule has 0 amide bonds. The molecule has 1 aromatic rings. The van der Waals surface area contributed by atoms with Gasteiger partial charge < -0.3 is 15.0 Å². The first-order valence-corrected chi connectivity index (χ1v) is 6.79. The summed E-state index contributed by atoms with van der Waals surface area (Å²) in [4.78, 5) is 16.8. The van der Waals surface area contributed by atoms with Gasteiger partial charge in [-0.15, -0.1) is 0 Å². The van der Waals surface area contributed by atoms with Crippen molar-refractivity contribution in [1.29, 1.82) is 0 Å². The van der Waals surface area contributed by atoms with Crippen molar-refractivity contribution < 1.29 is 22.7 Å². The highest BCUT2D eigenvalue weighted by Gasteiger charge is 2.38. The van der Waals surface area contributed by atoms with Gasteiger partial charge in [0.15, 0.2) is 5.69 Å². The molecule has 1 aliphatic heterocycles. The van der Waals surface area contributed by atoms with E-state index < -0.39 is 17.2 Å². The van der Waals surface area contributed by atoms with Crippen LogP contribution in [-0.4, -0.2) is 43.7 Å². The lowest BCUT2D eigenvalue weighted by atomic mass is 10.2. The highest BCUT2D eigenvalue weighted by molar-refractivity contribution is 7.16. The molecule has 0 bridgehead atoms. The summed E-state index contributed by atoms with van der Waals surface area (Å²) in [5, 5.41) is 2.38. The van der Waals surface area contributed by atoms with E-state index in [9.17, 15) is 18.0 Å². The van der Waals surface area contributed by atoms with E-state index in [2.05, 4.69) is 15.0 Å². The SMILES string of the molecule is COC(=O)c1nc(C(F)(F)F)sc1N1CCN[C@H](C)C1. The number of methoxy groups -OCH3 is 1. The number of carbonyl (C=O) groups is 1. The Morgan fingerprint density at radius 2 is 2.25 bits per heavy atom. The van der Waals surface area contributed by atoms with Gasteiger partial charge in [0.05, 0.1) is 7.11 Å². The number of hydrogen-bond acceptors (Lipinski definition) is 6. The Morgan fingerprint density at radius 3 is 2.80 bits per heavy atom. The average Bonchev–Trinajstić information content (AvgIpc) is 2.82. The number of nitrogens with zero attached hydrogens (tertiary/aromatic N) is 2. The predicted molar refractivity (Wildman–Crippen MR) is 68.1 cm³/mol. The highest BCUT2D eigenvalue weighted by Crippen LogP contribution is 2.39. The van der Waals surface area contributed by atoms with Crippen LogP contribution in [0.2, 0.25) is 0 Å². The second-order valence-electron chi connectivity index (χ2n) is 4.46. The van der Waals surface area contributed by atoms with Crippen molar-refractivity contribution >= 4 is 22.3 Å². The summed E-state index contributed by atoms with van der Waals surface area (Å²) in [6.07, 6.45) is -4.56. The van der Waals surface area contributed by atoms with Gasteiger partial charge in [0.2, 0.25) is 5.01 Å². The van der Waals surface area contributed by atoms with Crippen LogP contribution in [0.3, 0.4) is 0 Å². The molecule has 0 saturated carbocycles. The first kappa shape index (κ1) is 15.0. The summed E-state index contributed by atoms with van der Waals surface area (Å²) in [5.41, 5.74) is -0.265. The number of anilines is 1. The number of alkyl halides is 3. The number of carbonyl (C=O) groups excluding carboxylic acids is 1. The number of ether oxygens (including phenoxy) is 1. The van der Waals surface area contributed by atoms with E-state index in [-0.39, 0.29) is 16.7 Å². The maximum absolute atomic E-state index is 12.8. The molecular formula is C11H14F3N3O2S. The molecule has 1 aromatic heterocycles. The molecule has 1 fully saturated rings. The molecule has 0 unspecified atom stereocenters. The van der Waals surface area contributed by atoms with Crippen LogP contribution in [0.15, 0.2) is 0 Å². The minimum atomic E-state index is -4.56. The maximum atomic E-state index is 12.8. The third-order valence-electron chi connectivity index (χ3n) is 2.89. The zero-order valence-electron chi connectivity index (χ0n) is 11.0. The highest BCUT2D eigenvalue weighted by atomic mass is 32.1. The first-order chi connectivity index (χ1) is 9.32. The fraction of sp³-hybridized carbons (Fsp3) is 0.636. The molecule has 9 heteroatoms. The molecule has 0 aliphatic carbocycles. The lowest BCUT2D eigenvalue weighted by molar-refractivity contribution is -0.137. The number of esters is 1. The van der Waals surface area contributed by atoms with Crippen LogP contribution in [0.4, 0.5) is 18.2 Å². The quantitative estimate of drug-likeness (QED) is 0.844. The zero-order valence-corrected chi connectivity index (χ0v) is 11.8. The Bertz CT molecular complexity index is 504. The molecule has 0 radical (unpaired) electrons. The Labute approximate surface area is 117 Å². The Morgan fingerprint density at radius 1 is 1.55 bits per heavy atom. The van der Waals surface area contributed by atoms with E-state index >= 15 is 0 Å². The normalized spacial score (nSPS) is 20.1. The van der Waals surface area contributed by atoms with E-state index in [4.69, 9.17) is 0 Å². The lowest BCUT2D eigenvalue weighted by Gasteiger charge is -2.32. The zero-order chi connectivity index (χ0) is 14.9. The summed E-state index contributed by atoms with van der Waals surface area (Å²) < 4.78 is 42.8. The Balaban J connectivity index is 2.39. The predicted octanol–water partition coefficient (Wildman–Crippen LogP) is 1.75. The number of piperazine rings is 1. The second-order valence-corrected chi connectivity index (χ2v) is 5.44. The Kier molecular flexibility index (Phi) is 4.19. The van der Waals surface area contributed by atoms with E-state index in [1.807, 2.05) is 6.92 Å². The molecule has 0 aromatic carbocycles. The molecule has 2 heterocycles. The van der Waals surface area contributed by atoms with Gasteiger partial charge in [-0.2, -0.15) is 13.2 Å². The lowest BCUT2D eigenvalue weighted by Crippen LogP contribution is -2.49. The summed E-state index contributed by atoms with van der Waals surface area (Å²) in [6, 6.07) is 0.130. The van der Waals surface area contributed by atoms with Gasteiger partial charge in [-0.25, -0.2) is 9.78 Å². The number of nitrogens with one attached hydrogen (secondary N) is 1. The standard InChI is InChI=1S/C11H14F3N3O2S/c1-6-5-17(4-3-15-6)8-7(9(18)19-2)16-10(20-8)11(12,13)14/h6,15H,3-5H2,1-2H3/t6-/m1/s1. The van der Waals surface area contributed by atoms with E-state index in [1.165, 1.54) is 0 Å². The van der Waals surface area contributed by atoms with E-state index in [0.717, 1.165) is 7.11 Å². The van der Waals surface area contributed by atoms with Crippen LogP contribution in [0.5, 0.6) is 0 Å². The van der Waals surface area contributed by atoms with Crippen molar-refractivity contribution in [2.45, 2.75) is 19.1 Å². The van der Waals surface area contributed by atoms with Crippen LogP contribution in [0.25, 0.3) is 0 Å². The number of aromatic nitrogens is 1. The third-order valence-corrected chi connectivity index (χ3v) is 4.05. The first-order valence-electron chi connectivity index (χ1n) is 5.97. The minimum Gasteiger partial charge on any atom is -0.464 e. The van der Waals surface area contributed by atoms with Crippen LogP contribution < -0.4 is 10.2 Å². The number of halogens is 3. The summed E-state index contributed by atoms with van der Waals surface area (Å²) in [6.45, 7) is 3.61. The van der Waals surface area contributed by atoms with Gasteiger partial charge in [-0.05, 0) is 6.92 Å². The average molecular weight is 309 g/mol. The van der Waals surface area contributed by atoms with Crippen LogP contribution >= 0.6 is 11.3 Å². The van der Waals surface area contributed by atoms with Gasteiger partial charge in [-0.1, -0.05) is 11.3 Å². The fourth-order valence-electron chi connectivity index (χ4n) is 1.99. The van der Waals surface area contributed by atoms with Crippen molar-refractivity contribution in [3.63, 3.8) is 0 Å². The van der Waals surface area contributed by atoms with E-state index in [0.29, 0.717) is 31.0 Å². The molecule has 1 atom stereocenters. The molecule has 20 heavy (non-hydrogen) atoms. The molecule has 0 spiro atoms. The van der Waals surface area contributed by atoms with Crippen molar-refractivity contribution in [3.05, 3.63) is 10.7 Å². The van der Waals surface area contributed by atoms with Crippen molar-refractivity contribution in [3.8, 4) is 0 Å². The molecule has 1 aliphatic rings. The fourth-order valence-corrected chi connectivity index (χ4v) is 2.95. The van der Waals surface area contributed by atoms with Crippen LogP contribution in [0, 0.1) is 0 Å². The number of hydrogen-bond donors (Lipinski definition) is 1. The van der Waals surface area contributed by atoms with Crippen molar-refractivity contribution in [2.24, 2.45) is 0 Å². The molecule has 112 valence electrons. The van der Waals surface area contributed by atoms with Gasteiger partial charge in [0.1, 0.15) is 5.00 Å². The number of rotatable bonds is 2. The van der Waals surface area contributed by atoms with Gasteiger partial charge in [0.25, 0.3) is 0 Å².